The van der Waals surface area contributed by atoms with Crippen LogP contribution in [0.15, 0.2) is 45.3 Å². The summed E-state index contributed by atoms with van der Waals surface area (Å²) < 4.78 is 10.8. The first-order valence-electron chi connectivity index (χ1n) is 5.91. The van der Waals surface area contributed by atoms with Crippen LogP contribution in [0.1, 0.15) is 17.2 Å². The van der Waals surface area contributed by atoms with Gasteiger partial charge >= 0.3 is 0 Å². The van der Waals surface area contributed by atoms with E-state index < -0.39 is 0 Å². The summed E-state index contributed by atoms with van der Waals surface area (Å²) in [6.45, 7) is 3.23. The number of aromatic nitrogens is 1. The maximum Gasteiger partial charge on any atom is 0.150 e. The van der Waals surface area contributed by atoms with Gasteiger partial charge in [0.2, 0.25) is 0 Å². The topological polar surface area (TPSA) is 51.2 Å². The first kappa shape index (κ1) is 11.0. The molecule has 3 aromatic rings. The van der Waals surface area contributed by atoms with Crippen LogP contribution in [0.3, 0.4) is 0 Å². The molecular weight excluding hydrogens is 228 g/mol. The Hall–Kier alpha value is -2.07. The summed E-state index contributed by atoms with van der Waals surface area (Å²) in [7, 11) is 0. The van der Waals surface area contributed by atoms with Crippen molar-refractivity contribution in [3.8, 4) is 0 Å². The zero-order chi connectivity index (χ0) is 12.4. The number of nitrogens with one attached hydrogen (secondary N) is 1. The van der Waals surface area contributed by atoms with Gasteiger partial charge in [0.15, 0.2) is 5.76 Å². The lowest BCUT2D eigenvalue weighted by molar-refractivity contribution is 0.366. The number of benzene rings is 1. The van der Waals surface area contributed by atoms with E-state index in [1.54, 1.807) is 0 Å². The molecule has 2 heterocycles. The van der Waals surface area contributed by atoms with E-state index in [9.17, 15) is 0 Å². The Morgan fingerprint density at radius 2 is 1.94 bits per heavy atom. The fourth-order valence-corrected chi connectivity index (χ4v) is 1.93. The van der Waals surface area contributed by atoms with Crippen molar-refractivity contribution >= 4 is 11.0 Å². The van der Waals surface area contributed by atoms with Crippen molar-refractivity contribution in [2.75, 3.05) is 0 Å². The van der Waals surface area contributed by atoms with Gasteiger partial charge in [-0.2, -0.15) is 0 Å². The van der Waals surface area contributed by atoms with Crippen LogP contribution in [0.25, 0.3) is 11.0 Å². The number of fused-ring (bicyclic) bond motifs is 1. The molecule has 92 valence electrons. The Bertz CT molecular complexity index is 621. The molecule has 4 heteroatoms. The van der Waals surface area contributed by atoms with Crippen molar-refractivity contribution in [1.82, 2.24) is 10.5 Å². The molecule has 1 aromatic carbocycles. The molecule has 0 aliphatic carbocycles. The molecule has 0 aliphatic rings. The minimum Gasteiger partial charge on any atom is -0.460 e. The number of para-hydroxylation sites is 1. The van der Waals surface area contributed by atoms with Crippen LogP contribution in [0.4, 0.5) is 0 Å². The average Bonchev–Trinajstić information content (AvgIpc) is 2.95. The van der Waals surface area contributed by atoms with Crippen molar-refractivity contribution in [3.05, 3.63) is 53.6 Å². The predicted octanol–water partition coefficient (Wildman–Crippen LogP) is 3.02. The lowest BCUT2D eigenvalue weighted by atomic mass is 10.2. The molecule has 3 rings (SSSR count). The second kappa shape index (κ2) is 4.66. The van der Waals surface area contributed by atoms with Gasteiger partial charge in [0.1, 0.15) is 11.3 Å². The van der Waals surface area contributed by atoms with Crippen molar-refractivity contribution < 1.29 is 8.94 Å². The second-order valence-electron chi connectivity index (χ2n) is 4.29. The summed E-state index contributed by atoms with van der Waals surface area (Å²) in [5.41, 5.74) is 1.82. The summed E-state index contributed by atoms with van der Waals surface area (Å²) in [6, 6.07) is 12.0. The van der Waals surface area contributed by atoms with E-state index >= 15 is 0 Å². The SMILES string of the molecule is Cc1cc(CNCc2cc3ccccc3o2)on1. The molecule has 0 spiro atoms. The lowest BCUT2D eigenvalue weighted by Gasteiger charge is -1.97. The Morgan fingerprint density at radius 1 is 1.11 bits per heavy atom. The number of hydrogen-bond acceptors (Lipinski definition) is 4. The molecular formula is C14H14N2O2. The molecule has 0 amide bonds. The summed E-state index contributed by atoms with van der Waals surface area (Å²) in [5, 5.41) is 8.23. The van der Waals surface area contributed by atoms with Gasteiger partial charge in [-0.3, -0.25) is 0 Å². The third kappa shape index (κ3) is 2.28. The number of nitrogens with zero attached hydrogens (tertiary/aromatic N) is 1. The molecule has 2 aromatic heterocycles. The molecule has 0 unspecified atom stereocenters. The van der Waals surface area contributed by atoms with Crippen LogP contribution in [0, 0.1) is 6.92 Å². The van der Waals surface area contributed by atoms with Crippen LogP contribution < -0.4 is 5.32 Å². The summed E-state index contributed by atoms with van der Waals surface area (Å²) in [5.74, 6) is 1.76. The van der Waals surface area contributed by atoms with E-state index in [-0.39, 0.29) is 0 Å². The third-order valence-corrected chi connectivity index (χ3v) is 2.75. The molecule has 4 nitrogen and oxygen atoms in total. The highest BCUT2D eigenvalue weighted by Gasteiger charge is 2.04. The van der Waals surface area contributed by atoms with Crippen LogP contribution in [-0.4, -0.2) is 5.16 Å². The van der Waals surface area contributed by atoms with Crippen molar-refractivity contribution in [3.63, 3.8) is 0 Å². The monoisotopic (exact) mass is 242 g/mol. The van der Waals surface area contributed by atoms with Crippen molar-refractivity contribution in [2.45, 2.75) is 20.0 Å². The first-order valence-corrected chi connectivity index (χ1v) is 5.91. The van der Waals surface area contributed by atoms with E-state index in [0.717, 1.165) is 28.2 Å². The standard InChI is InChI=1S/C14H14N2O2/c1-10-6-13(18-16-10)9-15-8-12-7-11-4-2-3-5-14(11)17-12/h2-7,15H,8-9H2,1H3. The lowest BCUT2D eigenvalue weighted by Crippen LogP contribution is -2.11. The minimum atomic E-state index is 0.651. The normalized spacial score (nSPS) is 11.2. The molecule has 0 aliphatic heterocycles. The van der Waals surface area contributed by atoms with Gasteiger partial charge in [0.25, 0.3) is 0 Å². The zero-order valence-corrected chi connectivity index (χ0v) is 10.1. The summed E-state index contributed by atoms with van der Waals surface area (Å²) in [6.07, 6.45) is 0. The molecule has 0 radical (unpaired) electrons. The highest BCUT2D eigenvalue weighted by atomic mass is 16.5. The predicted molar refractivity (Wildman–Crippen MR) is 68.0 cm³/mol. The molecule has 18 heavy (non-hydrogen) atoms. The third-order valence-electron chi connectivity index (χ3n) is 2.75. The van der Waals surface area contributed by atoms with Gasteiger partial charge in [0, 0.05) is 11.5 Å². The van der Waals surface area contributed by atoms with Gasteiger partial charge < -0.3 is 14.3 Å². The maximum atomic E-state index is 5.70. The van der Waals surface area contributed by atoms with Crippen LogP contribution in [0.5, 0.6) is 0 Å². The van der Waals surface area contributed by atoms with E-state index in [1.165, 1.54) is 0 Å². The van der Waals surface area contributed by atoms with Gasteiger partial charge in [-0.1, -0.05) is 23.4 Å². The highest BCUT2D eigenvalue weighted by molar-refractivity contribution is 5.77. The Morgan fingerprint density at radius 3 is 2.72 bits per heavy atom. The average molecular weight is 242 g/mol. The highest BCUT2D eigenvalue weighted by Crippen LogP contribution is 2.18. The number of rotatable bonds is 4. The number of aryl methyl sites for hydroxylation is 1. The second-order valence-corrected chi connectivity index (χ2v) is 4.29. The molecule has 0 saturated heterocycles. The van der Waals surface area contributed by atoms with Gasteiger partial charge in [-0.15, -0.1) is 0 Å². The van der Waals surface area contributed by atoms with Gasteiger partial charge in [-0.25, -0.2) is 0 Å². The zero-order valence-electron chi connectivity index (χ0n) is 10.1. The van der Waals surface area contributed by atoms with E-state index in [4.69, 9.17) is 8.94 Å². The minimum absolute atomic E-state index is 0.651. The Balaban J connectivity index is 1.62. The van der Waals surface area contributed by atoms with Crippen LogP contribution in [0.2, 0.25) is 0 Å². The van der Waals surface area contributed by atoms with Crippen LogP contribution >= 0.6 is 0 Å². The van der Waals surface area contributed by atoms with Gasteiger partial charge in [0.05, 0.1) is 18.8 Å². The quantitative estimate of drug-likeness (QED) is 0.764. The molecule has 0 bridgehead atoms. The van der Waals surface area contributed by atoms with Crippen LogP contribution in [-0.2, 0) is 13.1 Å². The summed E-state index contributed by atoms with van der Waals surface area (Å²) >= 11 is 0. The fraction of sp³-hybridized carbons (Fsp3) is 0.214. The Kier molecular flexibility index (Phi) is 2.86. The number of furan rings is 1. The van der Waals surface area contributed by atoms with E-state index in [0.29, 0.717) is 13.1 Å². The van der Waals surface area contributed by atoms with Crippen molar-refractivity contribution in [2.24, 2.45) is 0 Å². The molecule has 0 atom stereocenters. The number of hydrogen-bond donors (Lipinski definition) is 1. The molecule has 1 N–H and O–H groups in total. The Labute approximate surface area is 105 Å². The fourth-order valence-electron chi connectivity index (χ4n) is 1.93. The first-order chi connectivity index (χ1) is 8.81. The summed E-state index contributed by atoms with van der Waals surface area (Å²) in [4.78, 5) is 0. The molecule has 0 fully saturated rings. The smallest absolute Gasteiger partial charge is 0.150 e. The largest absolute Gasteiger partial charge is 0.460 e. The molecule has 0 saturated carbocycles. The van der Waals surface area contributed by atoms with E-state index in [2.05, 4.69) is 10.5 Å². The van der Waals surface area contributed by atoms with Crippen molar-refractivity contribution in [1.29, 1.82) is 0 Å². The maximum absolute atomic E-state index is 5.70. The van der Waals surface area contributed by atoms with E-state index in [1.807, 2.05) is 43.3 Å². The van der Waals surface area contributed by atoms with Gasteiger partial charge in [-0.05, 0) is 19.1 Å².